The lowest BCUT2D eigenvalue weighted by Gasteiger charge is -2.08. The van der Waals surface area contributed by atoms with Gasteiger partial charge in [-0.2, -0.15) is 0 Å². The van der Waals surface area contributed by atoms with E-state index in [1.807, 2.05) is 41.8 Å². The van der Waals surface area contributed by atoms with Crippen LogP contribution in [0.5, 0.6) is 11.5 Å². The number of phenols is 1. The molecule has 0 radical (unpaired) electrons. The normalized spacial score (nSPS) is 10.5. The van der Waals surface area contributed by atoms with Crippen molar-refractivity contribution in [2.75, 3.05) is 7.11 Å². The minimum atomic E-state index is -0.0164. The molecule has 0 fully saturated rings. The van der Waals surface area contributed by atoms with Crippen molar-refractivity contribution < 1.29 is 14.6 Å². The Hall–Kier alpha value is -2.86. The summed E-state index contributed by atoms with van der Waals surface area (Å²) in [5, 5.41) is 15.0. The lowest BCUT2D eigenvalue weighted by Crippen LogP contribution is -2.23. The van der Waals surface area contributed by atoms with E-state index in [1.165, 1.54) is 11.3 Å². The van der Waals surface area contributed by atoms with Crippen LogP contribution >= 0.6 is 11.3 Å². The highest BCUT2D eigenvalue weighted by molar-refractivity contribution is 7.09. The predicted octanol–water partition coefficient (Wildman–Crippen LogP) is 3.77. The number of aromatic nitrogens is 1. The number of thiazole rings is 1. The fraction of sp³-hybridized carbons (Fsp3) is 0.200. The summed E-state index contributed by atoms with van der Waals surface area (Å²) in [6.07, 6.45) is 1.03. The first-order valence-corrected chi connectivity index (χ1v) is 9.16. The first kappa shape index (κ1) is 17.9. The Morgan fingerprint density at radius 3 is 2.73 bits per heavy atom. The number of para-hydroxylation sites is 1. The van der Waals surface area contributed by atoms with Crippen LogP contribution in [0.15, 0.2) is 53.9 Å². The molecule has 5 nitrogen and oxygen atoms in total. The number of carbonyl (C=O) groups is 1. The van der Waals surface area contributed by atoms with E-state index in [0.717, 1.165) is 27.6 Å². The van der Waals surface area contributed by atoms with Crippen LogP contribution in [0.4, 0.5) is 0 Å². The molecule has 3 rings (SSSR count). The van der Waals surface area contributed by atoms with Crippen LogP contribution in [0, 0.1) is 0 Å². The van der Waals surface area contributed by atoms with Crippen molar-refractivity contribution in [1.82, 2.24) is 10.3 Å². The lowest BCUT2D eigenvalue weighted by molar-refractivity contribution is -0.121. The number of ether oxygens (including phenoxy) is 1. The average molecular weight is 368 g/mol. The molecule has 0 aliphatic rings. The highest BCUT2D eigenvalue weighted by atomic mass is 32.1. The second kappa shape index (κ2) is 8.49. The molecule has 0 spiro atoms. The molecule has 0 aliphatic carbocycles. The van der Waals surface area contributed by atoms with Crippen LogP contribution in [0.2, 0.25) is 0 Å². The van der Waals surface area contributed by atoms with Crippen LogP contribution in [0.25, 0.3) is 11.3 Å². The smallest absolute Gasteiger partial charge is 0.220 e. The van der Waals surface area contributed by atoms with Crippen molar-refractivity contribution in [3.8, 4) is 22.8 Å². The first-order valence-electron chi connectivity index (χ1n) is 8.28. The van der Waals surface area contributed by atoms with Gasteiger partial charge in [-0.15, -0.1) is 11.3 Å². The number of aryl methyl sites for hydroxylation is 1. The van der Waals surface area contributed by atoms with Gasteiger partial charge in [0.25, 0.3) is 0 Å². The Balaban J connectivity index is 1.51. The number of rotatable bonds is 7. The second-order valence-electron chi connectivity index (χ2n) is 5.76. The number of methoxy groups -OCH3 is 1. The van der Waals surface area contributed by atoms with Crippen molar-refractivity contribution in [3.05, 3.63) is 64.5 Å². The Labute approximate surface area is 156 Å². The maximum Gasteiger partial charge on any atom is 0.220 e. The molecule has 2 aromatic carbocycles. The van der Waals surface area contributed by atoms with E-state index >= 15 is 0 Å². The number of benzene rings is 2. The number of nitrogens with zero attached hydrogens (tertiary/aromatic N) is 1. The molecule has 134 valence electrons. The summed E-state index contributed by atoms with van der Waals surface area (Å²) in [5.41, 5.74) is 2.80. The Bertz CT molecular complexity index is 875. The predicted molar refractivity (Wildman–Crippen MR) is 102 cm³/mol. The highest BCUT2D eigenvalue weighted by Crippen LogP contribution is 2.24. The Kier molecular flexibility index (Phi) is 5.86. The largest absolute Gasteiger partial charge is 0.508 e. The van der Waals surface area contributed by atoms with E-state index in [-0.39, 0.29) is 11.7 Å². The number of carbonyl (C=O) groups excluding carboxylic acids is 1. The van der Waals surface area contributed by atoms with E-state index in [4.69, 9.17) is 4.74 Å². The second-order valence-corrected chi connectivity index (χ2v) is 6.70. The summed E-state index contributed by atoms with van der Waals surface area (Å²) in [5.74, 6) is 1.02. The Morgan fingerprint density at radius 2 is 1.96 bits per heavy atom. The van der Waals surface area contributed by atoms with E-state index in [0.29, 0.717) is 19.4 Å². The van der Waals surface area contributed by atoms with E-state index < -0.39 is 0 Å². The summed E-state index contributed by atoms with van der Waals surface area (Å²) in [6.45, 7) is 0.410. The number of phenolic OH excluding ortho intramolecular Hbond substituents is 1. The minimum absolute atomic E-state index is 0.0164. The van der Waals surface area contributed by atoms with Crippen molar-refractivity contribution in [2.45, 2.75) is 19.4 Å². The van der Waals surface area contributed by atoms with Crippen LogP contribution in [0.1, 0.15) is 17.0 Å². The third kappa shape index (κ3) is 4.61. The first-order chi connectivity index (χ1) is 12.7. The van der Waals surface area contributed by atoms with E-state index in [9.17, 15) is 9.90 Å². The van der Waals surface area contributed by atoms with Crippen LogP contribution in [-0.4, -0.2) is 23.1 Å². The highest BCUT2D eigenvalue weighted by Gasteiger charge is 2.08. The van der Waals surface area contributed by atoms with Gasteiger partial charge in [-0.3, -0.25) is 4.79 Å². The maximum atomic E-state index is 12.1. The molecular weight excluding hydrogens is 348 g/mol. The van der Waals surface area contributed by atoms with Gasteiger partial charge in [-0.25, -0.2) is 4.98 Å². The van der Waals surface area contributed by atoms with E-state index in [1.54, 1.807) is 19.2 Å². The molecule has 1 heterocycles. The van der Waals surface area contributed by atoms with Gasteiger partial charge in [0.2, 0.25) is 5.91 Å². The van der Waals surface area contributed by atoms with Gasteiger partial charge in [-0.05, 0) is 42.3 Å². The third-order valence-electron chi connectivity index (χ3n) is 3.97. The van der Waals surface area contributed by atoms with Crippen molar-refractivity contribution in [1.29, 1.82) is 0 Å². The van der Waals surface area contributed by atoms with Gasteiger partial charge in [0.05, 0.1) is 19.3 Å². The van der Waals surface area contributed by atoms with Gasteiger partial charge >= 0.3 is 0 Å². The average Bonchev–Trinajstić information content (AvgIpc) is 3.14. The zero-order chi connectivity index (χ0) is 18.4. The summed E-state index contributed by atoms with van der Waals surface area (Å²) in [4.78, 5) is 16.6. The van der Waals surface area contributed by atoms with Gasteiger partial charge in [-0.1, -0.05) is 18.2 Å². The quantitative estimate of drug-likeness (QED) is 0.666. The molecule has 1 aromatic heterocycles. The zero-order valence-corrected chi connectivity index (χ0v) is 15.3. The molecule has 0 unspecified atom stereocenters. The molecule has 0 bridgehead atoms. The summed E-state index contributed by atoms with van der Waals surface area (Å²) < 4.78 is 5.30. The molecule has 0 atom stereocenters. The molecule has 2 N–H and O–H groups in total. The number of aromatic hydroxyl groups is 1. The molecule has 0 saturated carbocycles. The van der Waals surface area contributed by atoms with Crippen molar-refractivity contribution in [3.63, 3.8) is 0 Å². The van der Waals surface area contributed by atoms with Gasteiger partial charge in [0.1, 0.15) is 16.5 Å². The van der Waals surface area contributed by atoms with Crippen molar-refractivity contribution in [2.24, 2.45) is 0 Å². The molecule has 6 heteroatoms. The summed E-state index contributed by atoms with van der Waals surface area (Å²) in [7, 11) is 1.63. The standard InChI is InChI=1S/C20H20N2O3S/c1-25-18-5-3-2-4-15(18)8-11-19(24)21-12-20-22-17(13-26-20)14-6-9-16(23)10-7-14/h2-7,9-10,13,23H,8,11-12H2,1H3,(H,21,24). The molecule has 3 aromatic rings. The molecule has 26 heavy (non-hydrogen) atoms. The third-order valence-corrected chi connectivity index (χ3v) is 4.81. The van der Waals surface area contributed by atoms with Crippen molar-refractivity contribution >= 4 is 17.2 Å². The lowest BCUT2D eigenvalue weighted by atomic mass is 10.1. The van der Waals surface area contributed by atoms with Gasteiger partial charge in [0, 0.05) is 17.4 Å². The molecule has 0 saturated heterocycles. The Morgan fingerprint density at radius 1 is 1.19 bits per heavy atom. The minimum Gasteiger partial charge on any atom is -0.508 e. The topological polar surface area (TPSA) is 71.5 Å². The molecule has 0 aliphatic heterocycles. The van der Waals surface area contributed by atoms with Crippen LogP contribution in [0.3, 0.4) is 0 Å². The molecular formula is C20H20N2O3S. The molecule has 1 amide bonds. The number of amides is 1. The van der Waals surface area contributed by atoms with Gasteiger partial charge < -0.3 is 15.2 Å². The summed E-state index contributed by atoms with van der Waals surface area (Å²) in [6, 6.07) is 14.6. The fourth-order valence-electron chi connectivity index (χ4n) is 2.58. The number of nitrogens with one attached hydrogen (secondary N) is 1. The fourth-order valence-corrected chi connectivity index (χ4v) is 3.32. The van der Waals surface area contributed by atoms with Gasteiger partial charge in [0.15, 0.2) is 0 Å². The maximum absolute atomic E-state index is 12.1. The number of hydrogen-bond acceptors (Lipinski definition) is 5. The van der Waals surface area contributed by atoms with Crippen LogP contribution < -0.4 is 10.1 Å². The zero-order valence-electron chi connectivity index (χ0n) is 14.4. The number of hydrogen-bond donors (Lipinski definition) is 2. The van der Waals surface area contributed by atoms with Crippen LogP contribution in [-0.2, 0) is 17.8 Å². The van der Waals surface area contributed by atoms with E-state index in [2.05, 4.69) is 10.3 Å². The monoisotopic (exact) mass is 368 g/mol. The summed E-state index contributed by atoms with van der Waals surface area (Å²) >= 11 is 1.50. The SMILES string of the molecule is COc1ccccc1CCC(=O)NCc1nc(-c2ccc(O)cc2)cs1.